The molecule has 0 aliphatic carbocycles. The quantitative estimate of drug-likeness (QED) is 0.741. The summed E-state index contributed by atoms with van der Waals surface area (Å²) in [6.45, 7) is 6.49. The maximum atomic E-state index is 12.7. The fourth-order valence-corrected chi connectivity index (χ4v) is 2.48. The second kappa shape index (κ2) is 9.18. The van der Waals surface area contributed by atoms with Crippen LogP contribution < -0.4 is 4.74 Å². The summed E-state index contributed by atoms with van der Waals surface area (Å²) in [5, 5.41) is 9.19. The summed E-state index contributed by atoms with van der Waals surface area (Å²) in [6, 6.07) is 10.5. The van der Waals surface area contributed by atoms with E-state index in [0.29, 0.717) is 0 Å². The normalized spacial score (nSPS) is 10.9. The topological polar surface area (TPSA) is 106 Å². The Balaban J connectivity index is 2.10. The van der Waals surface area contributed by atoms with E-state index in [0.717, 1.165) is 5.56 Å². The number of carboxylic acids is 1. The van der Waals surface area contributed by atoms with E-state index in [1.165, 1.54) is 24.1 Å². The van der Waals surface area contributed by atoms with Gasteiger partial charge in [0.1, 0.15) is 13.2 Å². The summed E-state index contributed by atoms with van der Waals surface area (Å²) < 4.78 is 10.5. The monoisotopic (exact) mass is 400 g/mol. The number of aromatic carboxylic acids is 1. The predicted molar refractivity (Wildman–Crippen MR) is 105 cm³/mol. The molecule has 8 heteroatoms. The summed E-state index contributed by atoms with van der Waals surface area (Å²) in [5.41, 5.74) is 0.276. The fraction of sp³-hybridized carbons (Fsp3) is 0.333. The highest BCUT2D eigenvalue weighted by Crippen LogP contribution is 2.21. The number of rotatable bonds is 6. The maximum absolute atomic E-state index is 12.7. The van der Waals surface area contributed by atoms with Gasteiger partial charge < -0.3 is 14.6 Å². The van der Waals surface area contributed by atoms with Crippen molar-refractivity contribution < 1.29 is 29.0 Å². The molecule has 0 saturated heterocycles. The number of carboxylic acid groups (broad SMARTS) is 1. The smallest absolute Gasteiger partial charge is 0.417 e. The number of carbonyl (C=O) groups is 3. The summed E-state index contributed by atoms with van der Waals surface area (Å²) >= 11 is 0. The molecule has 2 aromatic rings. The van der Waals surface area contributed by atoms with Gasteiger partial charge in [0, 0.05) is 17.3 Å². The van der Waals surface area contributed by atoms with Crippen LogP contribution in [-0.4, -0.2) is 45.1 Å². The number of carbonyl (C=O) groups excluding carboxylic acids is 2. The van der Waals surface area contributed by atoms with E-state index < -0.39 is 23.6 Å². The van der Waals surface area contributed by atoms with Crippen LogP contribution in [-0.2, 0) is 16.1 Å². The number of pyridine rings is 1. The standard InChI is InChI=1S/C21H24N2O6/c1-14-16(19(25)26)10-11-22-18(14)29-20(27)23(21(2,3)4)12-17(24)28-13-15-8-6-5-7-9-15/h5-11H,12-13H2,1-4H3,(H,25,26). The summed E-state index contributed by atoms with van der Waals surface area (Å²) in [4.78, 5) is 41.4. The van der Waals surface area contributed by atoms with Crippen LogP contribution in [0, 0.1) is 6.92 Å². The zero-order valence-corrected chi connectivity index (χ0v) is 16.8. The molecule has 0 fully saturated rings. The molecule has 2 rings (SSSR count). The largest absolute Gasteiger partial charge is 0.478 e. The van der Waals surface area contributed by atoms with Gasteiger partial charge in [-0.15, -0.1) is 0 Å². The first kappa shape index (κ1) is 21.9. The van der Waals surface area contributed by atoms with Gasteiger partial charge in [0.05, 0.1) is 5.56 Å². The maximum Gasteiger partial charge on any atom is 0.417 e. The molecule has 29 heavy (non-hydrogen) atoms. The van der Waals surface area contributed by atoms with E-state index in [1.807, 2.05) is 30.3 Å². The Morgan fingerprint density at radius 3 is 2.34 bits per heavy atom. The van der Waals surface area contributed by atoms with Crippen LogP contribution in [0.2, 0.25) is 0 Å². The first-order chi connectivity index (χ1) is 13.6. The lowest BCUT2D eigenvalue weighted by molar-refractivity contribution is -0.146. The van der Waals surface area contributed by atoms with Crippen LogP contribution in [0.15, 0.2) is 42.6 Å². The van der Waals surface area contributed by atoms with E-state index >= 15 is 0 Å². The van der Waals surface area contributed by atoms with Crippen LogP contribution in [0.1, 0.15) is 42.3 Å². The molecule has 0 bridgehead atoms. The van der Waals surface area contributed by atoms with Crippen molar-refractivity contribution in [2.75, 3.05) is 6.54 Å². The zero-order chi connectivity index (χ0) is 21.6. The van der Waals surface area contributed by atoms with E-state index in [-0.39, 0.29) is 30.2 Å². The number of amides is 1. The highest BCUT2D eigenvalue weighted by molar-refractivity contribution is 5.90. The average Bonchev–Trinajstić information content (AvgIpc) is 2.65. The van der Waals surface area contributed by atoms with Crippen molar-refractivity contribution in [3.05, 3.63) is 59.3 Å². The Hall–Kier alpha value is -3.42. The van der Waals surface area contributed by atoms with Crippen LogP contribution in [0.25, 0.3) is 0 Å². The summed E-state index contributed by atoms with van der Waals surface area (Å²) in [5.74, 6) is -1.87. The minimum absolute atomic E-state index is 0.0209. The van der Waals surface area contributed by atoms with Gasteiger partial charge in [0.15, 0.2) is 0 Å². The number of nitrogens with zero attached hydrogens (tertiary/aromatic N) is 2. The first-order valence-corrected chi connectivity index (χ1v) is 8.97. The van der Waals surface area contributed by atoms with Crippen LogP contribution >= 0.6 is 0 Å². The second-order valence-corrected chi connectivity index (χ2v) is 7.37. The van der Waals surface area contributed by atoms with Crippen molar-refractivity contribution in [2.24, 2.45) is 0 Å². The van der Waals surface area contributed by atoms with Crippen molar-refractivity contribution in [1.29, 1.82) is 0 Å². The van der Waals surface area contributed by atoms with Gasteiger partial charge in [-0.05, 0) is 39.3 Å². The number of benzene rings is 1. The molecule has 1 aromatic carbocycles. The van der Waals surface area contributed by atoms with Crippen LogP contribution in [0.3, 0.4) is 0 Å². The molecular weight excluding hydrogens is 376 g/mol. The van der Waals surface area contributed by atoms with Gasteiger partial charge >= 0.3 is 18.0 Å². The molecule has 8 nitrogen and oxygen atoms in total. The summed E-state index contributed by atoms with van der Waals surface area (Å²) in [6.07, 6.45) is 0.418. The molecule has 154 valence electrons. The molecule has 1 aromatic heterocycles. The SMILES string of the molecule is Cc1c(C(=O)O)ccnc1OC(=O)N(CC(=O)OCc1ccccc1)C(C)(C)C. The minimum atomic E-state index is -1.15. The molecule has 1 amide bonds. The number of aromatic nitrogens is 1. The number of esters is 1. The van der Waals surface area contributed by atoms with Gasteiger partial charge in [-0.1, -0.05) is 30.3 Å². The molecule has 0 unspecified atom stereocenters. The van der Waals surface area contributed by atoms with Gasteiger partial charge in [-0.2, -0.15) is 0 Å². The molecular formula is C21H24N2O6. The van der Waals surface area contributed by atoms with Crippen LogP contribution in [0.5, 0.6) is 5.88 Å². The Morgan fingerprint density at radius 2 is 1.76 bits per heavy atom. The van der Waals surface area contributed by atoms with E-state index in [9.17, 15) is 19.5 Å². The Bertz CT molecular complexity index is 890. The third kappa shape index (κ3) is 6.03. The lowest BCUT2D eigenvalue weighted by Gasteiger charge is -2.33. The van der Waals surface area contributed by atoms with E-state index in [4.69, 9.17) is 9.47 Å². The number of hydrogen-bond donors (Lipinski definition) is 1. The Kier molecular flexibility index (Phi) is 6.93. The van der Waals surface area contributed by atoms with E-state index in [1.54, 1.807) is 20.8 Å². The lowest BCUT2D eigenvalue weighted by atomic mass is 10.1. The van der Waals surface area contributed by atoms with Gasteiger partial charge in [-0.25, -0.2) is 14.6 Å². The van der Waals surface area contributed by atoms with Crippen LogP contribution in [0.4, 0.5) is 4.79 Å². The third-order valence-electron chi connectivity index (χ3n) is 4.13. The molecule has 0 aliphatic heterocycles. The lowest BCUT2D eigenvalue weighted by Crippen LogP contribution is -2.49. The molecule has 1 N–H and O–H groups in total. The predicted octanol–water partition coefficient (Wildman–Crippen LogP) is 3.43. The molecule has 1 heterocycles. The average molecular weight is 400 g/mol. The minimum Gasteiger partial charge on any atom is -0.478 e. The fourth-order valence-electron chi connectivity index (χ4n) is 2.48. The molecule has 0 radical (unpaired) electrons. The van der Waals surface area contributed by atoms with E-state index in [2.05, 4.69) is 4.98 Å². The van der Waals surface area contributed by atoms with Gasteiger partial charge in [0.25, 0.3) is 0 Å². The number of ether oxygens (including phenoxy) is 2. The first-order valence-electron chi connectivity index (χ1n) is 8.97. The Labute approximate surface area is 169 Å². The van der Waals surface area contributed by atoms with Crippen molar-refractivity contribution in [3.63, 3.8) is 0 Å². The zero-order valence-electron chi connectivity index (χ0n) is 16.8. The van der Waals surface area contributed by atoms with Crippen molar-refractivity contribution >= 4 is 18.0 Å². The van der Waals surface area contributed by atoms with Crippen molar-refractivity contribution in [1.82, 2.24) is 9.88 Å². The number of hydrogen-bond acceptors (Lipinski definition) is 6. The van der Waals surface area contributed by atoms with Gasteiger partial charge in [0.2, 0.25) is 5.88 Å². The van der Waals surface area contributed by atoms with Crippen molar-refractivity contribution in [2.45, 2.75) is 39.8 Å². The third-order valence-corrected chi connectivity index (χ3v) is 4.13. The highest BCUT2D eigenvalue weighted by atomic mass is 16.6. The highest BCUT2D eigenvalue weighted by Gasteiger charge is 2.31. The molecule has 0 saturated carbocycles. The van der Waals surface area contributed by atoms with Crippen molar-refractivity contribution in [3.8, 4) is 5.88 Å². The molecule has 0 spiro atoms. The summed E-state index contributed by atoms with van der Waals surface area (Å²) in [7, 11) is 0. The second-order valence-electron chi connectivity index (χ2n) is 7.37. The molecule has 0 atom stereocenters. The Morgan fingerprint density at radius 1 is 1.10 bits per heavy atom. The van der Waals surface area contributed by atoms with Gasteiger partial charge in [-0.3, -0.25) is 9.69 Å². The molecule has 0 aliphatic rings.